The van der Waals surface area contributed by atoms with Crippen LogP contribution in [0, 0.1) is 71.0 Å². The second-order valence-electron chi connectivity index (χ2n) is 35.8. The molecule has 9 aromatic heterocycles. The topological polar surface area (TPSA) is 476 Å². The Bertz CT molecular complexity index is 4960. The van der Waals surface area contributed by atoms with Crippen LogP contribution < -0.4 is 47.9 Å². The number of anilines is 6. The lowest BCUT2D eigenvalue weighted by molar-refractivity contribution is -0.0379. The molecule has 3 aliphatic carbocycles. The van der Waals surface area contributed by atoms with Gasteiger partial charge in [-0.1, -0.05) is 33.8 Å². The van der Waals surface area contributed by atoms with E-state index in [9.17, 15) is 15.8 Å². The maximum Gasteiger partial charge on any atom is 0.205 e. The van der Waals surface area contributed by atoms with Crippen LogP contribution >= 0.6 is 0 Å². The predicted octanol–water partition coefficient (Wildman–Crippen LogP) is 12.5. The van der Waals surface area contributed by atoms with Crippen LogP contribution in [0.15, 0.2) is 91.4 Å². The van der Waals surface area contributed by atoms with Crippen molar-refractivity contribution in [3.05, 3.63) is 126 Å². The van der Waals surface area contributed by atoms with E-state index in [1.54, 1.807) is 0 Å². The maximum atomic E-state index is 9.79. The minimum atomic E-state index is -0.594. The second kappa shape index (κ2) is 45.6. The first-order valence-corrected chi connectivity index (χ1v) is 45.3. The Labute approximate surface area is 744 Å². The largest absolute Gasteiger partial charge is 0.381 e. The highest BCUT2D eigenvalue weighted by atomic mass is 16.5. The zero-order chi connectivity index (χ0) is 89.0. The first-order chi connectivity index (χ1) is 61.6. The fraction of sp³-hybridized carbons (Fsp3) is 0.604. The van der Waals surface area contributed by atoms with Crippen molar-refractivity contribution in [2.24, 2.45) is 16.2 Å². The summed E-state index contributed by atoms with van der Waals surface area (Å²) in [6, 6.07) is 34.9. The van der Waals surface area contributed by atoms with Crippen LogP contribution in [0.1, 0.15) is 204 Å². The fourth-order valence-corrected chi connectivity index (χ4v) is 17.1. The van der Waals surface area contributed by atoms with Gasteiger partial charge in [0, 0.05) is 149 Å². The van der Waals surface area contributed by atoms with Gasteiger partial charge in [0.15, 0.2) is 5.82 Å². The summed E-state index contributed by atoms with van der Waals surface area (Å²) in [6.45, 7) is 27.5. The molecule has 678 valence electrons. The van der Waals surface area contributed by atoms with Gasteiger partial charge in [0.1, 0.15) is 53.2 Å². The Morgan fingerprint density at radius 2 is 0.819 bits per heavy atom. The molecular formula is C91H128N30O6. The van der Waals surface area contributed by atoms with Gasteiger partial charge in [0.05, 0.1) is 70.9 Å². The Morgan fingerprint density at radius 1 is 0.449 bits per heavy atom. The van der Waals surface area contributed by atoms with Crippen molar-refractivity contribution in [2.75, 3.05) is 104 Å². The highest BCUT2D eigenvalue weighted by molar-refractivity contribution is 5.70. The van der Waals surface area contributed by atoms with E-state index in [2.05, 4.69) is 210 Å². The molecule has 0 unspecified atom stereocenters. The van der Waals surface area contributed by atoms with Crippen LogP contribution in [0.5, 0.6) is 0 Å². The van der Waals surface area contributed by atoms with E-state index in [4.69, 9.17) is 43.4 Å². The lowest BCUT2D eigenvalue weighted by Crippen LogP contribution is -2.46. The first-order valence-electron chi connectivity index (χ1n) is 45.3. The molecule has 9 aromatic rings. The van der Waals surface area contributed by atoms with Gasteiger partial charge in [0.2, 0.25) is 11.6 Å². The number of tetrazole rings is 3. The number of rotatable bonds is 36. The molecule has 127 heavy (non-hydrogen) atoms. The Hall–Kier alpha value is -11.0. The van der Waals surface area contributed by atoms with E-state index in [1.165, 1.54) is 0 Å². The van der Waals surface area contributed by atoms with Crippen LogP contribution in [-0.4, -0.2) is 225 Å². The standard InChI is InChI=1S/C31H44N10O2.2C30H42N10O2/c1-21-17-33-28(16-25(21)26-6-5-7-27(37-26)34-20-31(19-32)12-14-42-15-13-31)36-24-10-8-23(9-11-24)35-22(2)18-43-30(3,4)29-38-40-41-39-29;1-20-16-32-28(15-25(20)26-5-4-6-27(36-26)33-19-30(18-31)11-13-41-14-12-30)35-24-9-7-23(8-10-24)34-21(2)22(3)42-17-29-37-39-40-38-29;1-20-16-32-28(15-25(20)26-5-4-6-27(36-26)33-19-30(18-31)11-13-41-14-12-30)35-24-9-7-23(8-10-24)34-21(2)17-42-22(3)29-37-39-40-38-29/h5-7,16-17,22-24,35H,8-15,18,20H2,1-4H3,(H,33,36)(H,34,37)(H,38,39,40,41);2*4-6,15-16,21-24,34H,7-14,17,19H2,1-3H3,(H,32,35)(H,33,36)(H,37,38,39,40)/t22-,23?,24?;2*21-,22-,23?,24?/m010/s1. The van der Waals surface area contributed by atoms with Crippen molar-refractivity contribution >= 4 is 34.9 Å². The van der Waals surface area contributed by atoms with E-state index in [0.717, 1.165) is 201 Å². The lowest BCUT2D eigenvalue weighted by Gasteiger charge is -2.33. The van der Waals surface area contributed by atoms with Crippen molar-refractivity contribution in [2.45, 2.75) is 264 Å². The first kappa shape index (κ1) is 93.7. The zero-order valence-corrected chi connectivity index (χ0v) is 75.2. The van der Waals surface area contributed by atoms with Crippen LogP contribution in [-0.2, 0) is 40.6 Å². The number of ether oxygens (including phenoxy) is 6. The Kier molecular flexibility index (Phi) is 33.7. The van der Waals surface area contributed by atoms with Crippen LogP contribution in [0.3, 0.4) is 0 Å². The molecular weight excluding hydrogens is 1610 g/mol. The van der Waals surface area contributed by atoms with Crippen molar-refractivity contribution < 1.29 is 28.4 Å². The summed E-state index contributed by atoms with van der Waals surface area (Å²) in [5.74, 6) is 6.61. The number of aromatic nitrogens is 18. The number of nitriles is 3. The van der Waals surface area contributed by atoms with Crippen molar-refractivity contribution in [1.29, 1.82) is 15.8 Å². The third kappa shape index (κ3) is 27.3. The molecule has 3 aliphatic heterocycles. The van der Waals surface area contributed by atoms with Crippen molar-refractivity contribution in [3.63, 3.8) is 0 Å². The smallest absolute Gasteiger partial charge is 0.205 e. The molecule has 0 spiro atoms. The fourth-order valence-electron chi connectivity index (χ4n) is 17.1. The number of nitrogens with one attached hydrogen (secondary N) is 12. The van der Waals surface area contributed by atoms with E-state index >= 15 is 0 Å². The van der Waals surface area contributed by atoms with E-state index in [0.29, 0.717) is 133 Å². The predicted molar refractivity (Wildman–Crippen MR) is 483 cm³/mol. The molecule has 0 amide bonds. The molecule has 36 nitrogen and oxygen atoms in total. The van der Waals surface area contributed by atoms with E-state index in [1.807, 2.05) is 94.0 Å². The number of hydrogen-bond donors (Lipinski definition) is 12. The van der Waals surface area contributed by atoms with Crippen LogP contribution in [0.25, 0.3) is 33.8 Å². The van der Waals surface area contributed by atoms with Crippen molar-refractivity contribution in [3.8, 4) is 52.0 Å². The molecule has 3 saturated carbocycles. The van der Waals surface area contributed by atoms with Crippen LogP contribution in [0.4, 0.5) is 34.9 Å². The second-order valence-corrected chi connectivity index (χ2v) is 35.8. The number of hydrogen-bond acceptors (Lipinski definition) is 33. The highest BCUT2D eigenvalue weighted by Crippen LogP contribution is 2.37. The number of aryl methyl sites for hydroxylation is 3. The number of H-pyrrole nitrogens is 3. The minimum absolute atomic E-state index is 0.0335. The molecule has 0 radical (unpaired) electrons. The monoisotopic (exact) mass is 1740 g/mol. The molecule has 6 fully saturated rings. The molecule has 15 rings (SSSR count). The summed E-state index contributed by atoms with van der Waals surface area (Å²) < 4.78 is 34.3. The van der Waals surface area contributed by atoms with Crippen LogP contribution in [0.2, 0.25) is 0 Å². The number of aromatic amines is 3. The summed E-state index contributed by atoms with van der Waals surface area (Å²) in [5.41, 5.74) is 7.21. The van der Waals surface area contributed by atoms with E-state index in [-0.39, 0.29) is 30.3 Å². The molecule has 36 heteroatoms. The van der Waals surface area contributed by atoms with E-state index < -0.39 is 21.8 Å². The average Bonchev–Trinajstić information content (AvgIpc) is 1.41. The summed E-state index contributed by atoms with van der Waals surface area (Å²) in [6.07, 6.45) is 22.9. The Balaban J connectivity index is 0.000000163. The van der Waals surface area contributed by atoms with Gasteiger partial charge in [-0.05, 0) is 256 Å². The number of pyridine rings is 6. The number of nitrogens with zero attached hydrogens (tertiary/aromatic N) is 18. The average molecular weight is 1740 g/mol. The van der Waals surface area contributed by atoms with Gasteiger partial charge >= 0.3 is 0 Å². The summed E-state index contributed by atoms with van der Waals surface area (Å²) in [4.78, 5) is 28.7. The SMILES string of the molecule is Cc1cnc(NC2CCC(N[C@@H](C)COC(C)(C)c3nn[nH]n3)CC2)cc1-c1cccc(NCC2(C#N)CCOCC2)n1.Cc1cnc(NC2CCC(N[C@@H](C)CO[C@@H](C)c3nn[nH]n3)CC2)cc1-c1cccc(NCC2(C#N)CCOCC2)n1.Cc1cnc(NC2CCC(N[C@H](C)[C@@H](C)OCc3nn[nH]n3)CC2)cc1-c1cccc(NCC2(C#N)CCOCC2)n1. The van der Waals surface area contributed by atoms with Gasteiger partial charge in [-0.2, -0.15) is 31.4 Å². The van der Waals surface area contributed by atoms with Gasteiger partial charge in [-0.15, -0.1) is 30.6 Å². The highest BCUT2D eigenvalue weighted by Gasteiger charge is 2.37. The molecule has 12 N–H and O–H groups in total. The molecule has 6 aliphatic rings. The third-order valence-corrected chi connectivity index (χ3v) is 25.5. The van der Waals surface area contributed by atoms with Gasteiger partial charge in [0.25, 0.3) is 0 Å². The quantitative estimate of drug-likeness (QED) is 0.0173. The third-order valence-electron chi connectivity index (χ3n) is 25.5. The normalized spacial score (nSPS) is 21.5. The molecule has 3 saturated heterocycles. The Morgan fingerprint density at radius 3 is 1.19 bits per heavy atom. The molecule has 0 bridgehead atoms. The maximum absolute atomic E-state index is 9.79. The van der Waals surface area contributed by atoms with Crippen molar-refractivity contribution in [1.82, 2.24) is 108 Å². The molecule has 0 aromatic carbocycles. The van der Waals surface area contributed by atoms with Gasteiger partial charge < -0.3 is 76.3 Å². The molecule has 12 heterocycles. The molecule has 5 atom stereocenters. The summed E-state index contributed by atoms with van der Waals surface area (Å²) >= 11 is 0. The van der Waals surface area contributed by atoms with Gasteiger partial charge in [-0.25, -0.2) is 29.9 Å². The lowest BCUT2D eigenvalue weighted by atomic mass is 9.82. The summed E-state index contributed by atoms with van der Waals surface area (Å²) in [5, 5.41) is 104. The minimum Gasteiger partial charge on any atom is -0.381 e. The summed E-state index contributed by atoms with van der Waals surface area (Å²) in [7, 11) is 0. The zero-order valence-electron chi connectivity index (χ0n) is 75.2. The van der Waals surface area contributed by atoms with Gasteiger partial charge in [-0.3, -0.25) is 0 Å².